The molecule has 19 nitrogen and oxygen atoms in total. The monoisotopic (exact) mass is 747 g/mol. The maximum atomic E-state index is 13.0. The normalized spacial score (nSPS) is 19.7. The summed E-state index contributed by atoms with van der Waals surface area (Å²) in [5, 5.41) is 18.3. The van der Waals surface area contributed by atoms with E-state index in [4.69, 9.17) is 23.7 Å². The molecule has 0 spiro atoms. The molecule has 0 bridgehead atoms. The van der Waals surface area contributed by atoms with Gasteiger partial charge in [-0.1, -0.05) is 44.2 Å². The van der Waals surface area contributed by atoms with Gasteiger partial charge in [-0.25, -0.2) is 9.59 Å². The van der Waals surface area contributed by atoms with Gasteiger partial charge in [0, 0.05) is 39.6 Å². The molecule has 19 heteroatoms. The SMILES string of the molecule is CC(=O)O[C@H]1[C@@H](OC(C)=O)[C@H](n2ccc(=O)[nH]c2=O)O[C@@H]1[C@H](OC(C)=O)C(NCCCNC(=O)[C@H](CC(C)C)NC(=O)OCc1ccccc1)C(=O)O. The highest BCUT2D eigenvalue weighted by molar-refractivity contribution is 5.85. The first-order valence-electron chi connectivity index (χ1n) is 16.8. The Morgan fingerprint density at radius 2 is 1.58 bits per heavy atom. The van der Waals surface area contributed by atoms with Crippen LogP contribution in [0.5, 0.6) is 0 Å². The number of hydrogen-bond acceptors (Lipinski definition) is 14. The van der Waals surface area contributed by atoms with E-state index in [2.05, 4.69) is 16.0 Å². The summed E-state index contributed by atoms with van der Waals surface area (Å²) in [7, 11) is 0. The number of esters is 3. The Hall–Kier alpha value is -5.56. The molecule has 0 radical (unpaired) electrons. The van der Waals surface area contributed by atoms with Crippen molar-refractivity contribution in [3.63, 3.8) is 0 Å². The Morgan fingerprint density at radius 3 is 2.17 bits per heavy atom. The third-order valence-corrected chi connectivity index (χ3v) is 7.72. The molecule has 1 aromatic heterocycles. The van der Waals surface area contributed by atoms with Crippen molar-refractivity contribution >= 4 is 35.9 Å². The van der Waals surface area contributed by atoms with Crippen molar-refractivity contribution < 1.29 is 57.6 Å². The molecule has 7 atom stereocenters. The largest absolute Gasteiger partial charge is 0.480 e. The number of aromatic nitrogens is 2. The van der Waals surface area contributed by atoms with E-state index in [1.165, 1.54) is 0 Å². The van der Waals surface area contributed by atoms with Crippen LogP contribution >= 0.6 is 0 Å². The Labute approximate surface area is 303 Å². The van der Waals surface area contributed by atoms with E-state index in [-0.39, 0.29) is 32.0 Å². The summed E-state index contributed by atoms with van der Waals surface area (Å²) in [6, 6.07) is 7.33. The number of H-pyrrole nitrogens is 1. The molecular weight excluding hydrogens is 702 g/mol. The lowest BCUT2D eigenvalue weighted by Gasteiger charge is -2.31. The molecule has 1 fully saturated rings. The molecule has 0 aliphatic carbocycles. The summed E-state index contributed by atoms with van der Waals surface area (Å²) in [5.74, 6) is -4.70. The number of amides is 2. The van der Waals surface area contributed by atoms with Crippen molar-refractivity contribution in [1.82, 2.24) is 25.5 Å². The van der Waals surface area contributed by atoms with Crippen LogP contribution in [-0.4, -0.2) is 100 Å². The lowest BCUT2D eigenvalue weighted by Crippen LogP contribution is -2.57. The van der Waals surface area contributed by atoms with Crippen LogP contribution < -0.4 is 27.2 Å². The number of aliphatic carboxylic acids is 1. The van der Waals surface area contributed by atoms with Crippen LogP contribution in [0.3, 0.4) is 0 Å². The number of carbonyl (C=O) groups is 6. The Balaban J connectivity index is 1.74. The number of carbonyl (C=O) groups excluding carboxylic acids is 5. The highest BCUT2D eigenvalue weighted by Crippen LogP contribution is 2.36. The minimum atomic E-state index is -1.74. The first-order chi connectivity index (χ1) is 25.1. The molecule has 5 N–H and O–H groups in total. The van der Waals surface area contributed by atoms with E-state index >= 15 is 0 Å². The second-order valence-corrected chi connectivity index (χ2v) is 12.5. The number of alkyl carbamates (subject to hydrolysis) is 1. The van der Waals surface area contributed by atoms with Crippen molar-refractivity contribution in [1.29, 1.82) is 0 Å². The van der Waals surface area contributed by atoms with E-state index < -0.39 is 89.9 Å². The van der Waals surface area contributed by atoms with Crippen molar-refractivity contribution in [3.05, 3.63) is 69.0 Å². The van der Waals surface area contributed by atoms with Crippen LogP contribution in [0.15, 0.2) is 52.2 Å². The summed E-state index contributed by atoms with van der Waals surface area (Å²) < 4.78 is 28.2. The predicted octanol–water partition coefficient (Wildman–Crippen LogP) is 0.119. The molecule has 2 heterocycles. The van der Waals surface area contributed by atoms with Gasteiger partial charge < -0.3 is 44.7 Å². The fraction of sp³-hybridized carbons (Fsp3) is 0.529. The van der Waals surface area contributed by atoms with Crippen molar-refractivity contribution in [2.24, 2.45) is 5.92 Å². The number of carboxylic acid groups (broad SMARTS) is 1. The zero-order valence-electron chi connectivity index (χ0n) is 29.9. The van der Waals surface area contributed by atoms with Gasteiger partial charge in [0.05, 0.1) is 0 Å². The van der Waals surface area contributed by atoms with Crippen molar-refractivity contribution in [2.45, 2.75) is 96.8 Å². The number of benzene rings is 1. The zero-order chi connectivity index (χ0) is 39.2. The number of hydrogen-bond donors (Lipinski definition) is 5. The smallest absolute Gasteiger partial charge is 0.408 e. The molecule has 53 heavy (non-hydrogen) atoms. The summed E-state index contributed by atoms with van der Waals surface area (Å²) in [4.78, 5) is 101. The average Bonchev–Trinajstić information content (AvgIpc) is 3.39. The number of rotatable bonds is 18. The Bertz CT molecular complexity index is 1710. The van der Waals surface area contributed by atoms with E-state index in [1.807, 2.05) is 24.9 Å². The van der Waals surface area contributed by atoms with Crippen molar-refractivity contribution in [3.8, 4) is 0 Å². The maximum absolute atomic E-state index is 13.0. The van der Waals surface area contributed by atoms with E-state index in [0.717, 1.165) is 43.2 Å². The summed E-state index contributed by atoms with van der Waals surface area (Å²) in [5.41, 5.74) is -0.973. The molecule has 290 valence electrons. The fourth-order valence-corrected chi connectivity index (χ4v) is 5.57. The molecule has 3 rings (SSSR count). The molecule has 0 saturated carbocycles. The summed E-state index contributed by atoms with van der Waals surface area (Å²) in [6.07, 6.45) is -7.38. The van der Waals surface area contributed by atoms with Gasteiger partial charge in [0.1, 0.15) is 24.8 Å². The van der Waals surface area contributed by atoms with Crippen LogP contribution in [-0.2, 0) is 54.3 Å². The third kappa shape index (κ3) is 12.9. The Morgan fingerprint density at radius 1 is 0.925 bits per heavy atom. The highest BCUT2D eigenvalue weighted by Gasteiger charge is 2.56. The van der Waals surface area contributed by atoms with Gasteiger partial charge in [-0.15, -0.1) is 0 Å². The molecule has 1 unspecified atom stereocenters. The molecule has 1 aliphatic heterocycles. The van der Waals surface area contributed by atoms with E-state index in [0.29, 0.717) is 6.42 Å². The molecule has 1 aromatic carbocycles. The van der Waals surface area contributed by atoms with Gasteiger partial charge in [-0.2, -0.15) is 0 Å². The van der Waals surface area contributed by atoms with Crippen LogP contribution in [0.4, 0.5) is 4.79 Å². The van der Waals surface area contributed by atoms with Gasteiger partial charge >= 0.3 is 35.7 Å². The Kier molecular flexibility index (Phi) is 15.7. The van der Waals surface area contributed by atoms with Crippen LogP contribution in [0.25, 0.3) is 0 Å². The quantitative estimate of drug-likeness (QED) is 0.0771. The predicted molar refractivity (Wildman–Crippen MR) is 182 cm³/mol. The minimum Gasteiger partial charge on any atom is -0.480 e. The second kappa shape index (κ2) is 19.9. The number of carboxylic acids is 1. The lowest BCUT2D eigenvalue weighted by atomic mass is 9.98. The number of ether oxygens (including phenoxy) is 5. The van der Waals surface area contributed by atoms with Gasteiger partial charge in [-0.05, 0) is 30.9 Å². The highest BCUT2D eigenvalue weighted by atomic mass is 16.7. The molecule has 2 amide bonds. The topological polar surface area (TPSA) is 260 Å². The molecule has 2 aromatic rings. The van der Waals surface area contributed by atoms with E-state index in [1.54, 1.807) is 24.3 Å². The number of nitrogens with zero attached hydrogens (tertiary/aromatic N) is 1. The third-order valence-electron chi connectivity index (χ3n) is 7.72. The first-order valence-corrected chi connectivity index (χ1v) is 16.8. The van der Waals surface area contributed by atoms with Crippen LogP contribution in [0.2, 0.25) is 0 Å². The number of aromatic amines is 1. The summed E-state index contributed by atoms with van der Waals surface area (Å²) >= 11 is 0. The van der Waals surface area contributed by atoms with E-state index in [9.17, 15) is 43.5 Å². The average molecular weight is 748 g/mol. The van der Waals surface area contributed by atoms with Gasteiger partial charge in [-0.3, -0.25) is 38.3 Å². The lowest BCUT2D eigenvalue weighted by molar-refractivity contribution is -0.175. The van der Waals surface area contributed by atoms with Crippen LogP contribution in [0, 0.1) is 5.92 Å². The molecule has 1 aliphatic rings. The number of nitrogens with one attached hydrogen (secondary N) is 4. The summed E-state index contributed by atoms with van der Waals surface area (Å²) in [6.45, 7) is 6.79. The van der Waals surface area contributed by atoms with Gasteiger partial charge in [0.2, 0.25) is 5.91 Å². The zero-order valence-corrected chi connectivity index (χ0v) is 29.9. The van der Waals surface area contributed by atoms with Crippen LogP contribution in [0.1, 0.15) is 59.3 Å². The van der Waals surface area contributed by atoms with Gasteiger partial charge in [0.25, 0.3) is 5.56 Å². The van der Waals surface area contributed by atoms with Gasteiger partial charge in [0.15, 0.2) is 24.5 Å². The molecular formula is C34H45N5O14. The minimum absolute atomic E-state index is 0.0116. The standard InChI is InChI=1S/C34H45N5O14/c1-18(2)16-23(37-34(48)49-17-22-10-7-6-8-11-22)30(44)36-14-9-13-35-25(32(45)46)26(50-19(3)40)27-28(51-20(4)41)29(52-21(5)42)31(53-27)39-15-12-24(43)38-33(39)47/h6-8,10-12,15,18,23,25-29,31,35H,9,13-14,16-17H2,1-5H3,(H,36,44)(H,37,48)(H,45,46)(H,38,43,47)/t23-,25?,26+,27+,28+,29+,31+/m0/s1. The van der Waals surface area contributed by atoms with Crippen molar-refractivity contribution in [2.75, 3.05) is 13.1 Å². The molecule has 1 saturated heterocycles. The first kappa shape index (κ1) is 41.9. The maximum Gasteiger partial charge on any atom is 0.408 e. The fourth-order valence-electron chi connectivity index (χ4n) is 5.57. The second-order valence-electron chi connectivity index (χ2n) is 12.5.